The van der Waals surface area contributed by atoms with Crippen molar-refractivity contribution in [3.63, 3.8) is 0 Å². The Balaban J connectivity index is 1.80. The second kappa shape index (κ2) is 7.94. The van der Waals surface area contributed by atoms with Crippen LogP contribution in [0.3, 0.4) is 0 Å². The number of carbonyl (C=O) groups excluding carboxylic acids is 2. The Hall–Kier alpha value is -2.37. The summed E-state index contributed by atoms with van der Waals surface area (Å²) >= 11 is 5.95. The second-order valence-corrected chi connectivity index (χ2v) is 8.72. The van der Waals surface area contributed by atoms with Crippen LogP contribution in [0.1, 0.15) is 38.3 Å². The molecule has 28 heavy (non-hydrogen) atoms. The average Bonchev–Trinajstić information content (AvgIpc) is 2.64. The van der Waals surface area contributed by atoms with Crippen molar-refractivity contribution >= 4 is 34.8 Å². The SMILES string of the molecule is CC(C)(C)[C@H](N)C(=O)Nc1ccc2c(c1)CCC(=O)N2Cc1ccc(Cl)cc1. The van der Waals surface area contributed by atoms with E-state index in [1.807, 2.05) is 63.2 Å². The molecule has 1 heterocycles. The first-order chi connectivity index (χ1) is 13.1. The van der Waals surface area contributed by atoms with Gasteiger partial charge in [-0.3, -0.25) is 9.59 Å². The molecule has 3 N–H and O–H groups in total. The molecular weight excluding hydrogens is 374 g/mol. The van der Waals surface area contributed by atoms with Crippen molar-refractivity contribution < 1.29 is 9.59 Å². The minimum atomic E-state index is -0.605. The summed E-state index contributed by atoms with van der Waals surface area (Å²) in [6.07, 6.45) is 1.10. The fourth-order valence-electron chi connectivity index (χ4n) is 3.20. The molecule has 1 atom stereocenters. The van der Waals surface area contributed by atoms with Gasteiger partial charge in [-0.25, -0.2) is 0 Å². The van der Waals surface area contributed by atoms with Crippen molar-refractivity contribution in [2.24, 2.45) is 11.1 Å². The zero-order valence-corrected chi connectivity index (χ0v) is 17.2. The number of halogens is 1. The van der Waals surface area contributed by atoms with Crippen LogP contribution in [0.4, 0.5) is 11.4 Å². The molecule has 1 aliphatic heterocycles. The third-order valence-electron chi connectivity index (χ3n) is 5.02. The number of aryl methyl sites for hydroxylation is 1. The predicted octanol–water partition coefficient (Wildman–Crippen LogP) is 4.13. The van der Waals surface area contributed by atoms with Crippen molar-refractivity contribution in [3.05, 3.63) is 58.6 Å². The van der Waals surface area contributed by atoms with Gasteiger partial charge in [0.15, 0.2) is 0 Å². The summed E-state index contributed by atoms with van der Waals surface area (Å²) in [5, 5.41) is 3.57. The summed E-state index contributed by atoms with van der Waals surface area (Å²) in [6, 6.07) is 12.5. The number of hydrogen-bond acceptors (Lipinski definition) is 3. The smallest absolute Gasteiger partial charge is 0.241 e. The summed E-state index contributed by atoms with van der Waals surface area (Å²) < 4.78 is 0. The number of rotatable bonds is 4. The van der Waals surface area contributed by atoms with Gasteiger partial charge in [-0.2, -0.15) is 0 Å². The molecule has 0 radical (unpaired) electrons. The normalized spacial score (nSPS) is 15.2. The molecule has 2 aromatic carbocycles. The molecule has 0 bridgehead atoms. The molecule has 1 aliphatic rings. The zero-order valence-electron chi connectivity index (χ0n) is 16.5. The van der Waals surface area contributed by atoms with Crippen molar-refractivity contribution in [1.82, 2.24) is 0 Å². The van der Waals surface area contributed by atoms with Crippen LogP contribution in [0.25, 0.3) is 0 Å². The Morgan fingerprint density at radius 3 is 2.50 bits per heavy atom. The number of nitrogens with one attached hydrogen (secondary N) is 1. The van der Waals surface area contributed by atoms with E-state index in [4.69, 9.17) is 17.3 Å². The molecule has 2 amide bonds. The van der Waals surface area contributed by atoms with Gasteiger partial charge in [0.1, 0.15) is 0 Å². The first-order valence-corrected chi connectivity index (χ1v) is 9.77. The fourth-order valence-corrected chi connectivity index (χ4v) is 3.32. The van der Waals surface area contributed by atoms with Gasteiger partial charge in [0.25, 0.3) is 0 Å². The van der Waals surface area contributed by atoms with Crippen LogP contribution < -0.4 is 16.0 Å². The molecule has 6 heteroatoms. The number of anilines is 2. The molecule has 0 saturated heterocycles. The number of benzene rings is 2. The summed E-state index contributed by atoms with van der Waals surface area (Å²) in [7, 11) is 0. The lowest BCUT2D eigenvalue weighted by Gasteiger charge is -2.30. The maximum absolute atomic E-state index is 12.5. The molecule has 0 aliphatic carbocycles. The van der Waals surface area contributed by atoms with Crippen LogP contribution in [0.5, 0.6) is 0 Å². The number of hydrogen-bond donors (Lipinski definition) is 2. The topological polar surface area (TPSA) is 75.4 Å². The van der Waals surface area contributed by atoms with E-state index in [-0.39, 0.29) is 17.2 Å². The molecular formula is C22H26ClN3O2. The van der Waals surface area contributed by atoms with Crippen molar-refractivity contribution in [1.29, 1.82) is 0 Å². The highest BCUT2D eigenvalue weighted by Crippen LogP contribution is 2.32. The van der Waals surface area contributed by atoms with E-state index in [0.29, 0.717) is 30.1 Å². The second-order valence-electron chi connectivity index (χ2n) is 8.28. The lowest BCUT2D eigenvalue weighted by molar-refractivity contribution is -0.120. The number of fused-ring (bicyclic) bond motifs is 1. The Morgan fingerprint density at radius 1 is 1.18 bits per heavy atom. The van der Waals surface area contributed by atoms with E-state index < -0.39 is 6.04 Å². The van der Waals surface area contributed by atoms with Gasteiger partial charge in [-0.1, -0.05) is 44.5 Å². The molecule has 3 rings (SSSR count). The van der Waals surface area contributed by atoms with Gasteiger partial charge in [0, 0.05) is 22.8 Å². The average molecular weight is 400 g/mol. The number of nitrogens with zero attached hydrogens (tertiary/aromatic N) is 1. The minimum Gasteiger partial charge on any atom is -0.325 e. The van der Waals surface area contributed by atoms with Crippen LogP contribution in [-0.2, 0) is 22.6 Å². The maximum Gasteiger partial charge on any atom is 0.241 e. The number of amides is 2. The van der Waals surface area contributed by atoms with Crippen molar-refractivity contribution in [2.45, 2.75) is 46.2 Å². The Kier molecular flexibility index (Phi) is 5.77. The Morgan fingerprint density at radius 2 is 1.86 bits per heavy atom. The van der Waals surface area contributed by atoms with Gasteiger partial charge in [0.2, 0.25) is 11.8 Å². The summed E-state index contributed by atoms with van der Waals surface area (Å²) in [5.41, 5.74) is 9.35. The van der Waals surface area contributed by atoms with E-state index in [1.54, 1.807) is 4.90 Å². The molecule has 0 saturated carbocycles. The van der Waals surface area contributed by atoms with E-state index in [1.165, 1.54) is 0 Å². The van der Waals surface area contributed by atoms with Gasteiger partial charge in [-0.05, 0) is 53.3 Å². The quantitative estimate of drug-likeness (QED) is 0.811. The molecule has 0 aromatic heterocycles. The van der Waals surface area contributed by atoms with E-state index in [0.717, 1.165) is 16.8 Å². The number of nitrogens with two attached hydrogens (primary N) is 1. The predicted molar refractivity (Wildman–Crippen MR) is 113 cm³/mol. The molecule has 0 spiro atoms. The molecule has 0 unspecified atom stereocenters. The molecule has 5 nitrogen and oxygen atoms in total. The van der Waals surface area contributed by atoms with E-state index in [2.05, 4.69) is 5.32 Å². The Labute approximate surface area is 170 Å². The van der Waals surface area contributed by atoms with Crippen LogP contribution in [0.15, 0.2) is 42.5 Å². The van der Waals surface area contributed by atoms with Gasteiger partial charge in [-0.15, -0.1) is 0 Å². The number of carbonyl (C=O) groups is 2. The maximum atomic E-state index is 12.5. The van der Waals surface area contributed by atoms with Crippen LogP contribution >= 0.6 is 11.6 Å². The summed E-state index contributed by atoms with van der Waals surface area (Å²) in [6.45, 7) is 6.29. The van der Waals surface area contributed by atoms with Crippen LogP contribution in [0, 0.1) is 5.41 Å². The third kappa shape index (κ3) is 4.54. The fraction of sp³-hybridized carbons (Fsp3) is 0.364. The van der Waals surface area contributed by atoms with E-state index in [9.17, 15) is 9.59 Å². The first kappa shape index (κ1) is 20.4. The highest BCUT2D eigenvalue weighted by molar-refractivity contribution is 6.30. The van der Waals surface area contributed by atoms with E-state index >= 15 is 0 Å². The van der Waals surface area contributed by atoms with Gasteiger partial charge in [0.05, 0.1) is 12.6 Å². The molecule has 148 valence electrons. The van der Waals surface area contributed by atoms with Gasteiger partial charge < -0.3 is 16.0 Å². The van der Waals surface area contributed by atoms with Crippen molar-refractivity contribution in [2.75, 3.05) is 10.2 Å². The van der Waals surface area contributed by atoms with Crippen LogP contribution in [0.2, 0.25) is 5.02 Å². The minimum absolute atomic E-state index is 0.0917. The first-order valence-electron chi connectivity index (χ1n) is 9.39. The van der Waals surface area contributed by atoms with Crippen molar-refractivity contribution in [3.8, 4) is 0 Å². The van der Waals surface area contributed by atoms with Crippen LogP contribution in [-0.4, -0.2) is 17.9 Å². The highest BCUT2D eigenvalue weighted by Gasteiger charge is 2.28. The monoisotopic (exact) mass is 399 g/mol. The largest absolute Gasteiger partial charge is 0.325 e. The van der Waals surface area contributed by atoms with Gasteiger partial charge >= 0.3 is 0 Å². The Bertz CT molecular complexity index is 888. The standard InChI is InChI=1S/C22H26ClN3O2/c1-22(2,3)20(24)21(28)25-17-9-10-18-15(12-17)6-11-19(27)26(18)13-14-4-7-16(23)8-5-14/h4-5,7-10,12,20H,6,11,13,24H2,1-3H3,(H,25,28)/t20-/m1/s1. The molecule has 2 aromatic rings. The summed E-state index contributed by atoms with van der Waals surface area (Å²) in [5.74, 6) is -0.119. The third-order valence-corrected chi connectivity index (χ3v) is 5.27. The lowest BCUT2D eigenvalue weighted by atomic mass is 9.87. The highest BCUT2D eigenvalue weighted by atomic mass is 35.5. The lowest BCUT2D eigenvalue weighted by Crippen LogP contribution is -2.45. The summed E-state index contributed by atoms with van der Waals surface area (Å²) in [4.78, 5) is 26.7. The zero-order chi connectivity index (χ0) is 20.5. The molecule has 0 fully saturated rings.